The first-order valence-electron chi connectivity index (χ1n) is 7.44. The molecule has 1 atom stereocenters. The lowest BCUT2D eigenvalue weighted by Crippen LogP contribution is -2.23. The number of thiophene rings is 1. The second-order valence-electron chi connectivity index (χ2n) is 5.43. The van der Waals surface area contributed by atoms with Crippen LogP contribution in [0.15, 0.2) is 53.9 Å². The molecule has 0 spiro atoms. The first kappa shape index (κ1) is 14.2. The molecule has 0 amide bonds. The lowest BCUT2D eigenvalue weighted by molar-refractivity contribution is 0.576. The second kappa shape index (κ2) is 6.83. The van der Waals surface area contributed by atoms with Crippen LogP contribution in [0.5, 0.6) is 0 Å². The molecule has 2 aromatic heterocycles. The molecule has 1 unspecified atom stereocenters. The molecular formula is C18H20N2S. The first-order valence-corrected chi connectivity index (χ1v) is 8.32. The summed E-state index contributed by atoms with van der Waals surface area (Å²) >= 11 is 1.83. The number of aryl methyl sites for hydroxylation is 1. The van der Waals surface area contributed by atoms with Gasteiger partial charge in [-0.3, -0.25) is 4.98 Å². The Morgan fingerprint density at radius 3 is 2.81 bits per heavy atom. The third-order valence-electron chi connectivity index (χ3n) is 3.71. The molecule has 3 aromatic rings. The summed E-state index contributed by atoms with van der Waals surface area (Å²) in [6, 6.07) is 16.9. The molecule has 108 valence electrons. The van der Waals surface area contributed by atoms with Gasteiger partial charge < -0.3 is 5.73 Å². The fourth-order valence-corrected chi connectivity index (χ4v) is 3.34. The van der Waals surface area contributed by atoms with Crippen LogP contribution in [0.25, 0.3) is 10.9 Å². The monoisotopic (exact) mass is 296 g/mol. The van der Waals surface area contributed by atoms with Crippen LogP contribution in [-0.4, -0.2) is 11.0 Å². The molecule has 2 N–H and O–H groups in total. The van der Waals surface area contributed by atoms with Crippen LogP contribution >= 0.6 is 11.3 Å². The number of hydrogen-bond donors (Lipinski definition) is 1. The normalized spacial score (nSPS) is 12.6. The lowest BCUT2D eigenvalue weighted by atomic mass is 10.0. The van der Waals surface area contributed by atoms with E-state index in [1.165, 1.54) is 10.3 Å². The van der Waals surface area contributed by atoms with Crippen molar-refractivity contribution in [1.29, 1.82) is 0 Å². The summed E-state index contributed by atoms with van der Waals surface area (Å²) in [4.78, 5) is 6.15. The summed E-state index contributed by atoms with van der Waals surface area (Å²) in [6.07, 6.45) is 4.19. The quantitative estimate of drug-likeness (QED) is 0.741. The largest absolute Gasteiger partial charge is 0.327 e. The Labute approximate surface area is 129 Å². The molecule has 2 heterocycles. The summed E-state index contributed by atoms with van der Waals surface area (Å²) in [5, 5.41) is 3.32. The highest BCUT2D eigenvalue weighted by molar-refractivity contribution is 7.09. The topological polar surface area (TPSA) is 38.9 Å². The van der Waals surface area contributed by atoms with Gasteiger partial charge in [0.05, 0.1) is 5.52 Å². The Kier molecular flexibility index (Phi) is 4.63. The molecule has 0 aliphatic heterocycles. The first-order chi connectivity index (χ1) is 10.3. The molecule has 0 fully saturated rings. The minimum absolute atomic E-state index is 0.193. The predicted molar refractivity (Wildman–Crippen MR) is 90.7 cm³/mol. The molecule has 1 aromatic carbocycles. The van der Waals surface area contributed by atoms with Gasteiger partial charge >= 0.3 is 0 Å². The van der Waals surface area contributed by atoms with Gasteiger partial charge in [0.25, 0.3) is 0 Å². The predicted octanol–water partition coefficient (Wildman–Crippen LogP) is 4.19. The van der Waals surface area contributed by atoms with Crippen LogP contribution in [0.2, 0.25) is 0 Å². The van der Waals surface area contributed by atoms with Crippen LogP contribution < -0.4 is 5.73 Å². The van der Waals surface area contributed by atoms with E-state index in [0.717, 1.165) is 36.9 Å². The van der Waals surface area contributed by atoms with E-state index in [2.05, 4.69) is 41.8 Å². The van der Waals surface area contributed by atoms with Gasteiger partial charge in [-0.15, -0.1) is 11.3 Å². The minimum Gasteiger partial charge on any atom is -0.327 e. The zero-order valence-corrected chi connectivity index (χ0v) is 12.9. The molecule has 0 radical (unpaired) electrons. The van der Waals surface area contributed by atoms with E-state index in [4.69, 9.17) is 10.7 Å². The average molecular weight is 296 g/mol. The highest BCUT2D eigenvalue weighted by atomic mass is 32.1. The van der Waals surface area contributed by atoms with Gasteiger partial charge in [0.1, 0.15) is 0 Å². The number of rotatable bonds is 6. The van der Waals surface area contributed by atoms with Gasteiger partial charge in [0, 0.05) is 28.4 Å². The number of hydrogen-bond acceptors (Lipinski definition) is 3. The summed E-state index contributed by atoms with van der Waals surface area (Å²) in [7, 11) is 0. The van der Waals surface area contributed by atoms with Crippen molar-refractivity contribution in [1.82, 2.24) is 4.98 Å². The molecule has 3 rings (SSSR count). The van der Waals surface area contributed by atoms with Crippen molar-refractivity contribution in [2.75, 3.05) is 0 Å². The highest BCUT2D eigenvalue weighted by Gasteiger charge is 2.06. The summed E-state index contributed by atoms with van der Waals surface area (Å²) in [5.74, 6) is 0. The number of aromatic nitrogens is 1. The van der Waals surface area contributed by atoms with Crippen molar-refractivity contribution >= 4 is 22.2 Å². The Hall–Kier alpha value is -1.71. The number of para-hydroxylation sites is 1. The summed E-state index contributed by atoms with van der Waals surface area (Å²) in [5.41, 5.74) is 8.40. The maximum atomic E-state index is 6.25. The number of fused-ring (bicyclic) bond motifs is 1. The SMILES string of the molecule is NC(CCCc1cccs1)Cc1ccc2ccccc2n1. The Morgan fingerprint density at radius 2 is 1.95 bits per heavy atom. The molecular weight excluding hydrogens is 276 g/mol. The molecule has 3 heteroatoms. The van der Waals surface area contributed by atoms with Crippen LogP contribution in [0.4, 0.5) is 0 Å². The maximum Gasteiger partial charge on any atom is 0.0705 e. The maximum absolute atomic E-state index is 6.25. The zero-order chi connectivity index (χ0) is 14.5. The van der Waals surface area contributed by atoms with Crippen molar-refractivity contribution in [3.8, 4) is 0 Å². The van der Waals surface area contributed by atoms with Crippen LogP contribution in [0.3, 0.4) is 0 Å². The van der Waals surface area contributed by atoms with Gasteiger partial charge in [-0.1, -0.05) is 30.3 Å². The zero-order valence-electron chi connectivity index (χ0n) is 12.0. The molecule has 0 aliphatic carbocycles. The van der Waals surface area contributed by atoms with Crippen molar-refractivity contribution in [3.05, 3.63) is 64.5 Å². The Bertz CT molecular complexity index is 691. The Balaban J connectivity index is 1.54. The van der Waals surface area contributed by atoms with E-state index >= 15 is 0 Å². The van der Waals surface area contributed by atoms with E-state index in [1.807, 2.05) is 23.5 Å². The molecule has 0 bridgehead atoms. The Morgan fingerprint density at radius 1 is 1.05 bits per heavy atom. The van der Waals surface area contributed by atoms with Crippen molar-refractivity contribution in [3.63, 3.8) is 0 Å². The minimum atomic E-state index is 0.193. The number of nitrogens with zero attached hydrogens (tertiary/aromatic N) is 1. The standard InChI is InChI=1S/C18H20N2S/c19-15(6-3-7-17-8-4-12-21-17)13-16-11-10-14-5-1-2-9-18(14)20-16/h1-2,4-5,8-12,15H,3,6-7,13,19H2. The van der Waals surface area contributed by atoms with Gasteiger partial charge in [0.15, 0.2) is 0 Å². The van der Waals surface area contributed by atoms with Gasteiger partial charge in [-0.25, -0.2) is 0 Å². The molecule has 0 aliphatic rings. The smallest absolute Gasteiger partial charge is 0.0705 e. The third-order valence-corrected chi connectivity index (χ3v) is 4.64. The summed E-state index contributed by atoms with van der Waals surface area (Å²) < 4.78 is 0. The van der Waals surface area contributed by atoms with Gasteiger partial charge in [-0.2, -0.15) is 0 Å². The van der Waals surface area contributed by atoms with Crippen molar-refractivity contribution in [2.45, 2.75) is 31.7 Å². The van der Waals surface area contributed by atoms with Crippen LogP contribution in [0.1, 0.15) is 23.4 Å². The molecule has 21 heavy (non-hydrogen) atoms. The molecule has 2 nitrogen and oxygen atoms in total. The van der Waals surface area contributed by atoms with Crippen LogP contribution in [0, 0.1) is 0 Å². The molecule has 0 saturated carbocycles. The lowest BCUT2D eigenvalue weighted by Gasteiger charge is -2.11. The highest BCUT2D eigenvalue weighted by Crippen LogP contribution is 2.15. The fraction of sp³-hybridized carbons (Fsp3) is 0.278. The third kappa shape index (κ3) is 3.90. The van der Waals surface area contributed by atoms with E-state index in [1.54, 1.807) is 0 Å². The van der Waals surface area contributed by atoms with Crippen LogP contribution in [-0.2, 0) is 12.8 Å². The van der Waals surface area contributed by atoms with E-state index < -0.39 is 0 Å². The van der Waals surface area contributed by atoms with E-state index in [9.17, 15) is 0 Å². The van der Waals surface area contributed by atoms with Gasteiger partial charge in [0.2, 0.25) is 0 Å². The fourth-order valence-electron chi connectivity index (χ4n) is 2.59. The number of pyridine rings is 1. The molecule has 0 saturated heterocycles. The number of benzene rings is 1. The van der Waals surface area contributed by atoms with Gasteiger partial charge in [-0.05, 0) is 42.8 Å². The average Bonchev–Trinajstić information content (AvgIpc) is 3.00. The summed E-state index contributed by atoms with van der Waals surface area (Å²) in [6.45, 7) is 0. The number of nitrogens with two attached hydrogens (primary N) is 1. The van der Waals surface area contributed by atoms with E-state index in [0.29, 0.717) is 0 Å². The van der Waals surface area contributed by atoms with E-state index in [-0.39, 0.29) is 6.04 Å². The second-order valence-corrected chi connectivity index (χ2v) is 6.46. The van der Waals surface area contributed by atoms with Crippen molar-refractivity contribution < 1.29 is 0 Å². The van der Waals surface area contributed by atoms with Crippen molar-refractivity contribution in [2.24, 2.45) is 5.73 Å².